The monoisotopic (exact) mass is 199 g/mol. The zero-order chi connectivity index (χ0) is 9.84. The third kappa shape index (κ3) is 2.91. The van der Waals surface area contributed by atoms with Crippen molar-refractivity contribution in [2.75, 3.05) is 0 Å². The van der Waals surface area contributed by atoms with Crippen molar-refractivity contribution in [1.29, 1.82) is 0 Å². The van der Waals surface area contributed by atoms with Crippen LogP contribution in [-0.4, -0.2) is 4.99 Å². The molecule has 0 radical (unpaired) electrons. The number of rotatable bonds is 2. The SMILES string of the molecule is NC(=S)/C=C/c1cc(F)ccc1F. The van der Waals surface area contributed by atoms with Gasteiger partial charge in [0.15, 0.2) is 0 Å². The summed E-state index contributed by atoms with van der Waals surface area (Å²) in [5.74, 6) is -1.00. The number of benzene rings is 1. The van der Waals surface area contributed by atoms with Gasteiger partial charge in [0, 0.05) is 5.56 Å². The molecule has 68 valence electrons. The molecule has 0 bridgehead atoms. The fraction of sp³-hybridized carbons (Fsp3) is 0. The van der Waals surface area contributed by atoms with E-state index < -0.39 is 11.6 Å². The van der Waals surface area contributed by atoms with E-state index in [9.17, 15) is 8.78 Å². The molecule has 4 heteroatoms. The quantitative estimate of drug-likeness (QED) is 0.584. The van der Waals surface area contributed by atoms with Crippen molar-refractivity contribution in [3.05, 3.63) is 41.5 Å². The fourth-order valence-electron chi connectivity index (χ4n) is 0.814. The summed E-state index contributed by atoms with van der Waals surface area (Å²) in [5.41, 5.74) is 5.29. The number of halogens is 2. The van der Waals surface area contributed by atoms with Gasteiger partial charge in [-0.2, -0.15) is 0 Å². The van der Waals surface area contributed by atoms with Crippen LogP contribution in [0.1, 0.15) is 5.56 Å². The predicted octanol–water partition coefficient (Wildman–Crippen LogP) is 2.26. The van der Waals surface area contributed by atoms with Crippen LogP contribution in [0.2, 0.25) is 0 Å². The highest BCUT2D eigenvalue weighted by atomic mass is 32.1. The zero-order valence-corrected chi connectivity index (χ0v) is 7.44. The molecule has 1 rings (SSSR count). The van der Waals surface area contributed by atoms with Crippen LogP contribution in [0.5, 0.6) is 0 Å². The Morgan fingerprint density at radius 3 is 2.69 bits per heavy atom. The molecular formula is C9H7F2NS. The van der Waals surface area contributed by atoms with Gasteiger partial charge >= 0.3 is 0 Å². The molecule has 0 aromatic heterocycles. The largest absolute Gasteiger partial charge is 0.390 e. The minimum absolute atomic E-state index is 0.128. The van der Waals surface area contributed by atoms with Gasteiger partial charge in [-0.3, -0.25) is 0 Å². The van der Waals surface area contributed by atoms with Crippen molar-refractivity contribution in [3.63, 3.8) is 0 Å². The van der Waals surface area contributed by atoms with Gasteiger partial charge in [-0.25, -0.2) is 8.78 Å². The lowest BCUT2D eigenvalue weighted by Crippen LogP contribution is -2.02. The summed E-state index contributed by atoms with van der Waals surface area (Å²) in [7, 11) is 0. The van der Waals surface area contributed by atoms with Gasteiger partial charge in [0.2, 0.25) is 0 Å². The summed E-state index contributed by atoms with van der Waals surface area (Å²) in [6, 6.07) is 3.17. The lowest BCUT2D eigenvalue weighted by Gasteiger charge is -1.95. The number of thiocarbonyl (C=S) groups is 1. The molecule has 0 heterocycles. The molecule has 13 heavy (non-hydrogen) atoms. The van der Waals surface area contributed by atoms with Gasteiger partial charge in [-0.15, -0.1) is 0 Å². The molecule has 0 fully saturated rings. The summed E-state index contributed by atoms with van der Waals surface area (Å²) in [5, 5.41) is 0. The highest BCUT2D eigenvalue weighted by Gasteiger charge is 1.99. The van der Waals surface area contributed by atoms with Crippen molar-refractivity contribution in [3.8, 4) is 0 Å². The van der Waals surface area contributed by atoms with Gasteiger partial charge < -0.3 is 5.73 Å². The number of hydrogen-bond acceptors (Lipinski definition) is 1. The first-order chi connectivity index (χ1) is 6.09. The van der Waals surface area contributed by atoms with Gasteiger partial charge in [-0.05, 0) is 30.4 Å². The second-order valence-electron chi connectivity index (χ2n) is 2.40. The van der Waals surface area contributed by atoms with E-state index in [1.54, 1.807) is 0 Å². The molecule has 0 aliphatic rings. The van der Waals surface area contributed by atoms with Crippen LogP contribution in [0.25, 0.3) is 6.08 Å². The van der Waals surface area contributed by atoms with Crippen molar-refractivity contribution in [2.24, 2.45) is 5.73 Å². The van der Waals surface area contributed by atoms with Crippen LogP contribution < -0.4 is 5.73 Å². The molecule has 1 aromatic rings. The van der Waals surface area contributed by atoms with Gasteiger partial charge in [0.25, 0.3) is 0 Å². The van der Waals surface area contributed by atoms with Crippen molar-refractivity contribution < 1.29 is 8.78 Å². The molecule has 1 aromatic carbocycles. The van der Waals surface area contributed by atoms with Crippen molar-refractivity contribution in [1.82, 2.24) is 0 Å². The summed E-state index contributed by atoms with van der Waals surface area (Å²) < 4.78 is 25.5. The van der Waals surface area contributed by atoms with E-state index in [4.69, 9.17) is 5.73 Å². The maximum atomic E-state index is 12.9. The first kappa shape index (κ1) is 9.80. The molecule has 1 nitrogen and oxygen atoms in total. The topological polar surface area (TPSA) is 26.0 Å². The average Bonchev–Trinajstić information content (AvgIpc) is 2.06. The Balaban J connectivity index is 3.00. The number of hydrogen-bond donors (Lipinski definition) is 1. The normalized spacial score (nSPS) is 10.6. The molecule has 0 unspecified atom stereocenters. The molecule has 0 spiro atoms. The molecule has 0 atom stereocenters. The van der Waals surface area contributed by atoms with E-state index >= 15 is 0 Å². The first-order valence-electron chi connectivity index (χ1n) is 3.52. The zero-order valence-electron chi connectivity index (χ0n) is 6.63. The first-order valence-corrected chi connectivity index (χ1v) is 3.93. The molecule has 0 saturated carbocycles. The van der Waals surface area contributed by atoms with Gasteiger partial charge in [0.1, 0.15) is 11.6 Å². The van der Waals surface area contributed by atoms with Crippen LogP contribution in [0, 0.1) is 11.6 Å². The molecule has 2 N–H and O–H groups in total. The summed E-state index contributed by atoms with van der Waals surface area (Å²) >= 11 is 4.55. The minimum Gasteiger partial charge on any atom is -0.390 e. The molecule has 0 amide bonds. The smallest absolute Gasteiger partial charge is 0.130 e. The van der Waals surface area contributed by atoms with E-state index in [1.807, 2.05) is 0 Å². The Kier molecular flexibility index (Phi) is 3.08. The van der Waals surface area contributed by atoms with Gasteiger partial charge in [-0.1, -0.05) is 12.2 Å². The highest BCUT2D eigenvalue weighted by molar-refractivity contribution is 7.80. The van der Waals surface area contributed by atoms with E-state index in [2.05, 4.69) is 12.2 Å². The highest BCUT2D eigenvalue weighted by Crippen LogP contribution is 2.10. The lowest BCUT2D eigenvalue weighted by atomic mass is 10.2. The van der Waals surface area contributed by atoms with Crippen LogP contribution in [0.3, 0.4) is 0 Å². The molecular weight excluding hydrogens is 192 g/mol. The molecule has 0 saturated heterocycles. The molecule has 0 aliphatic carbocycles. The second-order valence-corrected chi connectivity index (χ2v) is 2.87. The van der Waals surface area contributed by atoms with Crippen LogP contribution in [0.15, 0.2) is 24.3 Å². The standard InChI is InChI=1S/C9H7F2NS/c10-7-2-3-8(11)6(5-7)1-4-9(12)13/h1-5H,(H2,12,13)/b4-1+. The van der Waals surface area contributed by atoms with E-state index in [0.717, 1.165) is 18.2 Å². The van der Waals surface area contributed by atoms with Crippen LogP contribution >= 0.6 is 12.2 Å². The maximum Gasteiger partial charge on any atom is 0.130 e. The van der Waals surface area contributed by atoms with Gasteiger partial charge in [0.05, 0.1) is 4.99 Å². The third-order valence-electron chi connectivity index (χ3n) is 1.39. The number of nitrogens with two attached hydrogens (primary N) is 1. The van der Waals surface area contributed by atoms with Crippen molar-refractivity contribution in [2.45, 2.75) is 0 Å². The predicted molar refractivity (Wildman–Crippen MR) is 52.2 cm³/mol. The minimum atomic E-state index is -0.506. The molecule has 0 aliphatic heterocycles. The third-order valence-corrected chi connectivity index (χ3v) is 1.52. The van der Waals surface area contributed by atoms with E-state index in [0.29, 0.717) is 0 Å². The van der Waals surface area contributed by atoms with Crippen LogP contribution in [0.4, 0.5) is 8.78 Å². The van der Waals surface area contributed by atoms with Crippen LogP contribution in [-0.2, 0) is 0 Å². The Labute approximate surface area is 79.9 Å². The summed E-state index contributed by atoms with van der Waals surface area (Å²) in [6.07, 6.45) is 2.67. The van der Waals surface area contributed by atoms with E-state index in [-0.39, 0.29) is 10.6 Å². The Morgan fingerprint density at radius 1 is 1.38 bits per heavy atom. The average molecular weight is 199 g/mol. The Hall–Kier alpha value is -1.29. The van der Waals surface area contributed by atoms with E-state index in [1.165, 1.54) is 12.2 Å². The fourth-order valence-corrected chi connectivity index (χ4v) is 0.882. The maximum absolute atomic E-state index is 12.9. The second kappa shape index (κ2) is 4.09. The Bertz CT molecular complexity index is 361. The Morgan fingerprint density at radius 2 is 2.08 bits per heavy atom. The summed E-state index contributed by atoms with van der Waals surface area (Å²) in [6.45, 7) is 0. The lowest BCUT2D eigenvalue weighted by molar-refractivity contribution is 0.598. The van der Waals surface area contributed by atoms with Crippen molar-refractivity contribution >= 4 is 23.3 Å². The summed E-state index contributed by atoms with van der Waals surface area (Å²) in [4.78, 5) is 0.128.